The van der Waals surface area contributed by atoms with Crippen LogP contribution in [0.1, 0.15) is 26.3 Å². The van der Waals surface area contributed by atoms with Gasteiger partial charge in [0.15, 0.2) is 11.5 Å². The van der Waals surface area contributed by atoms with E-state index in [1.165, 1.54) is 5.56 Å². The first kappa shape index (κ1) is 17.8. The molecule has 0 spiro atoms. The van der Waals surface area contributed by atoms with Crippen LogP contribution in [-0.2, 0) is 11.2 Å². The summed E-state index contributed by atoms with van der Waals surface area (Å²) >= 11 is 0. The fraction of sp³-hybridized carbons (Fsp3) is 0.647. The van der Waals surface area contributed by atoms with Gasteiger partial charge in [0, 0.05) is 13.7 Å². The summed E-state index contributed by atoms with van der Waals surface area (Å²) in [6.07, 6.45) is 1.02. The van der Waals surface area contributed by atoms with Gasteiger partial charge in [-0.25, -0.2) is 0 Å². The van der Waals surface area contributed by atoms with Crippen molar-refractivity contribution in [3.05, 3.63) is 23.8 Å². The normalized spacial score (nSPS) is 12.2. The van der Waals surface area contributed by atoms with E-state index < -0.39 is 0 Å². The summed E-state index contributed by atoms with van der Waals surface area (Å²) in [4.78, 5) is 0. The third-order valence-corrected chi connectivity index (χ3v) is 3.17. The van der Waals surface area contributed by atoms with E-state index in [4.69, 9.17) is 14.2 Å². The van der Waals surface area contributed by atoms with Crippen molar-refractivity contribution in [3.63, 3.8) is 0 Å². The van der Waals surface area contributed by atoms with E-state index in [0.29, 0.717) is 19.1 Å². The van der Waals surface area contributed by atoms with E-state index in [2.05, 4.69) is 24.4 Å². The van der Waals surface area contributed by atoms with Crippen LogP contribution in [0.4, 0.5) is 0 Å². The number of hydrogen-bond donors (Lipinski definition) is 1. The lowest BCUT2D eigenvalue weighted by atomic mass is 10.0. The molecule has 0 saturated carbocycles. The number of nitrogens with one attached hydrogen (secondary N) is 1. The molecule has 0 aliphatic carbocycles. The number of ether oxygens (including phenoxy) is 3. The second-order valence-electron chi connectivity index (χ2n) is 5.15. The number of rotatable bonds is 11. The van der Waals surface area contributed by atoms with Crippen molar-refractivity contribution in [3.8, 4) is 11.5 Å². The summed E-state index contributed by atoms with van der Waals surface area (Å²) in [6, 6.07) is 6.23. The van der Waals surface area contributed by atoms with Gasteiger partial charge in [-0.1, -0.05) is 13.0 Å². The average molecular weight is 295 g/mol. The average Bonchev–Trinajstić information content (AvgIpc) is 2.47. The molecule has 0 saturated heterocycles. The standard InChI is InChI=1S/C17H29NO3/c1-5-20-16-8-7-15(12-17(16)21-6-2)11-14(3)13-18-9-10-19-4/h7-8,12,14,18H,5-6,9-11,13H2,1-4H3. The van der Waals surface area contributed by atoms with Crippen LogP contribution >= 0.6 is 0 Å². The molecule has 0 radical (unpaired) electrons. The van der Waals surface area contributed by atoms with Gasteiger partial charge in [0.2, 0.25) is 0 Å². The third kappa shape index (κ3) is 6.82. The fourth-order valence-corrected chi connectivity index (χ4v) is 2.22. The van der Waals surface area contributed by atoms with Crippen LogP contribution in [0.15, 0.2) is 18.2 Å². The van der Waals surface area contributed by atoms with Crippen molar-refractivity contribution in [2.75, 3.05) is 40.0 Å². The zero-order valence-corrected chi connectivity index (χ0v) is 13.8. The van der Waals surface area contributed by atoms with Crippen molar-refractivity contribution in [2.24, 2.45) is 5.92 Å². The zero-order chi connectivity index (χ0) is 15.5. The fourth-order valence-electron chi connectivity index (χ4n) is 2.22. The highest BCUT2D eigenvalue weighted by atomic mass is 16.5. The second-order valence-corrected chi connectivity index (χ2v) is 5.15. The predicted molar refractivity (Wildman–Crippen MR) is 86.4 cm³/mol. The Morgan fingerprint density at radius 1 is 1.10 bits per heavy atom. The molecular weight excluding hydrogens is 266 g/mol. The van der Waals surface area contributed by atoms with Crippen LogP contribution in [0.3, 0.4) is 0 Å². The Kier molecular flexibility index (Phi) is 8.87. The molecule has 1 atom stereocenters. The molecule has 1 rings (SSSR count). The quantitative estimate of drug-likeness (QED) is 0.637. The molecule has 0 aromatic heterocycles. The van der Waals surface area contributed by atoms with Crippen LogP contribution in [0.2, 0.25) is 0 Å². The van der Waals surface area contributed by atoms with Gasteiger partial charge in [0.05, 0.1) is 19.8 Å². The minimum Gasteiger partial charge on any atom is -0.490 e. The van der Waals surface area contributed by atoms with Crippen molar-refractivity contribution in [1.29, 1.82) is 0 Å². The molecule has 0 fully saturated rings. The summed E-state index contributed by atoms with van der Waals surface area (Å²) in [6.45, 7) is 10.2. The third-order valence-electron chi connectivity index (χ3n) is 3.17. The minimum absolute atomic E-state index is 0.564. The van der Waals surface area contributed by atoms with Gasteiger partial charge in [0.25, 0.3) is 0 Å². The summed E-state index contributed by atoms with van der Waals surface area (Å²) < 4.78 is 16.3. The Balaban J connectivity index is 2.55. The Hall–Kier alpha value is -1.26. The van der Waals surface area contributed by atoms with Gasteiger partial charge < -0.3 is 19.5 Å². The molecule has 0 amide bonds. The van der Waals surface area contributed by atoms with E-state index in [1.54, 1.807) is 7.11 Å². The molecule has 21 heavy (non-hydrogen) atoms. The van der Waals surface area contributed by atoms with Crippen molar-refractivity contribution in [1.82, 2.24) is 5.32 Å². The smallest absolute Gasteiger partial charge is 0.161 e. The maximum absolute atomic E-state index is 5.67. The van der Waals surface area contributed by atoms with Gasteiger partial charge in [-0.2, -0.15) is 0 Å². The molecule has 0 heterocycles. The molecule has 0 aliphatic heterocycles. The molecule has 1 N–H and O–H groups in total. The summed E-state index contributed by atoms with van der Waals surface area (Å²) in [5.41, 5.74) is 1.28. The number of methoxy groups -OCH3 is 1. The highest BCUT2D eigenvalue weighted by molar-refractivity contribution is 5.43. The van der Waals surface area contributed by atoms with E-state index >= 15 is 0 Å². The van der Waals surface area contributed by atoms with E-state index in [1.807, 2.05) is 19.9 Å². The lowest BCUT2D eigenvalue weighted by molar-refractivity contribution is 0.198. The molecule has 0 bridgehead atoms. The van der Waals surface area contributed by atoms with Crippen LogP contribution < -0.4 is 14.8 Å². The number of hydrogen-bond acceptors (Lipinski definition) is 4. The van der Waals surface area contributed by atoms with Crippen molar-refractivity contribution < 1.29 is 14.2 Å². The summed E-state index contributed by atoms with van der Waals surface area (Å²) in [7, 11) is 1.72. The first-order valence-corrected chi connectivity index (χ1v) is 7.79. The van der Waals surface area contributed by atoms with E-state index in [0.717, 1.165) is 37.6 Å². The van der Waals surface area contributed by atoms with Crippen molar-refractivity contribution in [2.45, 2.75) is 27.2 Å². The molecule has 1 aromatic rings. The Morgan fingerprint density at radius 2 is 1.81 bits per heavy atom. The first-order chi connectivity index (χ1) is 10.2. The molecule has 4 nitrogen and oxygen atoms in total. The highest BCUT2D eigenvalue weighted by Gasteiger charge is 2.09. The van der Waals surface area contributed by atoms with Gasteiger partial charge in [-0.3, -0.25) is 0 Å². The number of benzene rings is 1. The van der Waals surface area contributed by atoms with Crippen LogP contribution in [0, 0.1) is 5.92 Å². The Labute approximate surface area is 128 Å². The molecule has 0 aliphatic rings. The molecule has 120 valence electrons. The maximum Gasteiger partial charge on any atom is 0.161 e. The molecule has 1 aromatic carbocycles. The minimum atomic E-state index is 0.564. The van der Waals surface area contributed by atoms with Gasteiger partial charge in [0.1, 0.15) is 0 Å². The van der Waals surface area contributed by atoms with Gasteiger partial charge >= 0.3 is 0 Å². The monoisotopic (exact) mass is 295 g/mol. The topological polar surface area (TPSA) is 39.7 Å². The summed E-state index contributed by atoms with van der Waals surface area (Å²) in [5.74, 6) is 2.24. The van der Waals surface area contributed by atoms with Gasteiger partial charge in [-0.15, -0.1) is 0 Å². The highest BCUT2D eigenvalue weighted by Crippen LogP contribution is 2.29. The lowest BCUT2D eigenvalue weighted by Gasteiger charge is -2.15. The molecular formula is C17H29NO3. The van der Waals surface area contributed by atoms with Crippen LogP contribution in [0.25, 0.3) is 0 Å². The second kappa shape index (κ2) is 10.5. The predicted octanol–water partition coefficient (Wildman–Crippen LogP) is 2.90. The van der Waals surface area contributed by atoms with E-state index in [9.17, 15) is 0 Å². The lowest BCUT2D eigenvalue weighted by Crippen LogP contribution is -2.25. The van der Waals surface area contributed by atoms with Crippen LogP contribution in [-0.4, -0.2) is 40.0 Å². The zero-order valence-electron chi connectivity index (χ0n) is 13.8. The largest absolute Gasteiger partial charge is 0.490 e. The SMILES string of the molecule is CCOc1ccc(CC(C)CNCCOC)cc1OCC. The first-order valence-electron chi connectivity index (χ1n) is 7.79. The Bertz CT molecular complexity index is 396. The van der Waals surface area contributed by atoms with E-state index in [-0.39, 0.29) is 0 Å². The van der Waals surface area contributed by atoms with Crippen molar-refractivity contribution >= 4 is 0 Å². The Morgan fingerprint density at radius 3 is 2.48 bits per heavy atom. The van der Waals surface area contributed by atoms with Crippen LogP contribution in [0.5, 0.6) is 11.5 Å². The maximum atomic E-state index is 5.67. The summed E-state index contributed by atoms with van der Waals surface area (Å²) in [5, 5.41) is 3.40. The van der Waals surface area contributed by atoms with Gasteiger partial charge in [-0.05, 0) is 50.4 Å². The molecule has 4 heteroatoms. The molecule has 1 unspecified atom stereocenters.